The molecule has 6 aliphatic carbocycles. The van der Waals surface area contributed by atoms with Gasteiger partial charge in [-0.15, -0.1) is 0 Å². The maximum atomic E-state index is 3.91. The topological polar surface area (TPSA) is 0 Å². The molecule has 0 amide bonds. The Balaban J connectivity index is 1.06. The van der Waals surface area contributed by atoms with Crippen LogP contribution in [-0.4, -0.2) is 0 Å². The van der Waals surface area contributed by atoms with Crippen LogP contribution in [0.4, 0.5) is 0 Å². The van der Waals surface area contributed by atoms with Crippen LogP contribution >= 0.6 is 0 Å². The molecule has 0 heteroatoms. The Labute approximate surface area is 261 Å². The maximum Gasteiger partial charge on any atom is 0.0205 e. The molecule has 0 nitrogen and oxygen atoms in total. The van der Waals surface area contributed by atoms with Crippen molar-refractivity contribution in [2.24, 2.45) is 59.2 Å². The summed E-state index contributed by atoms with van der Waals surface area (Å²) < 4.78 is 0. The van der Waals surface area contributed by atoms with Gasteiger partial charge in [-0.1, -0.05) is 93.3 Å². The summed E-state index contributed by atoms with van der Waals surface area (Å²) in [6, 6.07) is 0. The first-order valence-electron chi connectivity index (χ1n) is 19.3. The quantitative estimate of drug-likeness (QED) is 0.292. The van der Waals surface area contributed by atoms with Crippen molar-refractivity contribution in [3.63, 3.8) is 0 Å². The summed E-state index contributed by atoms with van der Waals surface area (Å²) in [7, 11) is 0. The molecule has 6 rings (SSSR count). The lowest BCUT2D eigenvalue weighted by Crippen LogP contribution is -2.37. The van der Waals surface area contributed by atoms with E-state index in [1.54, 1.807) is 0 Å². The van der Waals surface area contributed by atoms with Crippen molar-refractivity contribution in [1.29, 1.82) is 0 Å². The highest BCUT2D eigenvalue weighted by Crippen LogP contribution is 2.50. The third-order valence-corrected chi connectivity index (χ3v) is 13.0. The van der Waals surface area contributed by atoms with Gasteiger partial charge in [0, 0.05) is 35.5 Å². The van der Waals surface area contributed by atoms with Crippen LogP contribution in [-0.2, 0) is 0 Å². The van der Waals surface area contributed by atoms with Crippen LogP contribution < -0.4 is 0 Å². The molecular formula is C42H62. The van der Waals surface area contributed by atoms with E-state index >= 15 is 0 Å². The molecule has 6 fully saturated rings. The van der Waals surface area contributed by atoms with E-state index in [1.807, 2.05) is 0 Å². The van der Waals surface area contributed by atoms with Gasteiger partial charge in [0.2, 0.25) is 0 Å². The molecule has 42 heavy (non-hydrogen) atoms. The SMILES string of the molecule is C(#CC1CCC(C2CCC(C#CC3CCCCC3)CC2C2CCC(C#CC3CCCCC3)CC2)CC1)C1CCCCC1. The molecule has 0 aromatic rings. The Morgan fingerprint density at radius 1 is 0.238 bits per heavy atom. The summed E-state index contributed by atoms with van der Waals surface area (Å²) in [5.41, 5.74) is 0. The van der Waals surface area contributed by atoms with Crippen LogP contribution in [0.3, 0.4) is 0 Å². The summed E-state index contributed by atoms with van der Waals surface area (Å²) in [4.78, 5) is 0. The Hall–Kier alpha value is -1.32. The van der Waals surface area contributed by atoms with E-state index in [4.69, 9.17) is 0 Å². The highest BCUT2D eigenvalue weighted by atomic mass is 14.5. The minimum absolute atomic E-state index is 0.676. The first-order chi connectivity index (χ1) is 20.8. The number of hydrogen-bond acceptors (Lipinski definition) is 0. The van der Waals surface area contributed by atoms with Gasteiger partial charge in [0.1, 0.15) is 0 Å². The van der Waals surface area contributed by atoms with Gasteiger partial charge in [-0.25, -0.2) is 0 Å². The van der Waals surface area contributed by atoms with Crippen LogP contribution in [0.5, 0.6) is 0 Å². The zero-order valence-electron chi connectivity index (χ0n) is 27.2. The minimum Gasteiger partial charge on any atom is -0.0996 e. The van der Waals surface area contributed by atoms with Gasteiger partial charge in [-0.05, 0) is 133 Å². The summed E-state index contributed by atoms with van der Waals surface area (Å²) >= 11 is 0. The van der Waals surface area contributed by atoms with Gasteiger partial charge in [-0.2, -0.15) is 0 Å². The standard InChI is InChI=1S/C42H62/c1-4-10-33(11-5-1)16-18-36-22-27-39(28-23-36)41-31-26-38(21-20-35-14-8-3-9-15-35)32-42(41)40-29-24-37(25-30-40)19-17-34-12-6-2-7-13-34/h33-42H,1-15,22-32H2. The highest BCUT2D eigenvalue weighted by molar-refractivity contribution is 5.12. The summed E-state index contributed by atoms with van der Waals surface area (Å²) in [6.07, 6.45) is 36.5. The molecule has 230 valence electrons. The molecule has 0 bridgehead atoms. The van der Waals surface area contributed by atoms with E-state index in [0.717, 1.165) is 23.7 Å². The highest BCUT2D eigenvalue weighted by Gasteiger charge is 2.41. The van der Waals surface area contributed by atoms with E-state index in [2.05, 4.69) is 35.5 Å². The van der Waals surface area contributed by atoms with Crippen LogP contribution in [0.1, 0.15) is 167 Å². The van der Waals surface area contributed by atoms with Gasteiger partial charge in [0.25, 0.3) is 0 Å². The Kier molecular flexibility index (Phi) is 11.8. The van der Waals surface area contributed by atoms with Gasteiger partial charge >= 0.3 is 0 Å². The molecule has 0 aliphatic heterocycles. The van der Waals surface area contributed by atoms with Crippen LogP contribution in [0.2, 0.25) is 0 Å². The minimum atomic E-state index is 0.676. The molecule has 6 aliphatic rings. The van der Waals surface area contributed by atoms with Crippen molar-refractivity contribution in [1.82, 2.24) is 0 Å². The van der Waals surface area contributed by atoms with Crippen molar-refractivity contribution in [3.05, 3.63) is 0 Å². The number of rotatable bonds is 2. The van der Waals surface area contributed by atoms with Gasteiger partial charge < -0.3 is 0 Å². The summed E-state index contributed by atoms with van der Waals surface area (Å²) in [5.74, 6) is 30.8. The van der Waals surface area contributed by atoms with E-state index in [0.29, 0.717) is 35.5 Å². The van der Waals surface area contributed by atoms with E-state index in [9.17, 15) is 0 Å². The lowest BCUT2D eigenvalue weighted by Gasteiger charge is -2.46. The molecule has 0 heterocycles. The van der Waals surface area contributed by atoms with Gasteiger partial charge in [0.15, 0.2) is 0 Å². The second-order valence-corrected chi connectivity index (χ2v) is 15.9. The fraction of sp³-hybridized carbons (Fsp3) is 0.857. The molecule has 3 unspecified atom stereocenters. The third kappa shape index (κ3) is 8.87. The fourth-order valence-electron chi connectivity index (χ4n) is 10.3. The molecule has 0 N–H and O–H groups in total. The Morgan fingerprint density at radius 3 is 0.952 bits per heavy atom. The van der Waals surface area contributed by atoms with Crippen molar-refractivity contribution >= 4 is 0 Å². The van der Waals surface area contributed by atoms with Gasteiger partial charge in [0.05, 0.1) is 0 Å². The predicted octanol–water partition coefficient (Wildman–Crippen LogP) is 11.4. The zero-order valence-corrected chi connectivity index (χ0v) is 27.2. The normalized spacial score (nSPS) is 37.3. The summed E-state index contributed by atoms with van der Waals surface area (Å²) in [6.45, 7) is 0. The second kappa shape index (κ2) is 16.1. The lowest BCUT2D eigenvalue weighted by molar-refractivity contribution is 0.0490. The fourth-order valence-corrected chi connectivity index (χ4v) is 10.3. The smallest absolute Gasteiger partial charge is 0.0205 e. The molecular weight excluding hydrogens is 504 g/mol. The molecule has 0 radical (unpaired) electrons. The first kappa shape index (κ1) is 30.7. The molecule has 3 atom stereocenters. The van der Waals surface area contributed by atoms with Crippen molar-refractivity contribution in [2.45, 2.75) is 167 Å². The van der Waals surface area contributed by atoms with Crippen molar-refractivity contribution < 1.29 is 0 Å². The van der Waals surface area contributed by atoms with Crippen molar-refractivity contribution in [2.75, 3.05) is 0 Å². The van der Waals surface area contributed by atoms with E-state index < -0.39 is 0 Å². The average molecular weight is 567 g/mol. The van der Waals surface area contributed by atoms with Crippen LogP contribution in [0, 0.1) is 94.7 Å². The van der Waals surface area contributed by atoms with E-state index in [1.165, 1.54) is 167 Å². The van der Waals surface area contributed by atoms with E-state index in [-0.39, 0.29) is 0 Å². The second-order valence-electron chi connectivity index (χ2n) is 15.9. The average Bonchev–Trinajstić information content (AvgIpc) is 3.07. The number of hydrogen-bond donors (Lipinski definition) is 0. The maximum absolute atomic E-state index is 3.91. The van der Waals surface area contributed by atoms with Crippen LogP contribution in [0.15, 0.2) is 0 Å². The lowest BCUT2D eigenvalue weighted by atomic mass is 9.59. The third-order valence-electron chi connectivity index (χ3n) is 13.0. The zero-order chi connectivity index (χ0) is 28.4. The molecule has 0 saturated heterocycles. The molecule has 6 saturated carbocycles. The van der Waals surface area contributed by atoms with Crippen molar-refractivity contribution in [3.8, 4) is 35.5 Å². The predicted molar refractivity (Wildman–Crippen MR) is 178 cm³/mol. The summed E-state index contributed by atoms with van der Waals surface area (Å²) in [5, 5.41) is 0. The molecule has 0 spiro atoms. The van der Waals surface area contributed by atoms with Crippen LogP contribution in [0.25, 0.3) is 0 Å². The Bertz CT molecular complexity index is 981. The molecule has 0 aromatic carbocycles. The van der Waals surface area contributed by atoms with Gasteiger partial charge in [-0.3, -0.25) is 0 Å². The largest absolute Gasteiger partial charge is 0.0996 e. The Morgan fingerprint density at radius 2 is 0.548 bits per heavy atom. The first-order valence-corrected chi connectivity index (χ1v) is 19.3. The monoisotopic (exact) mass is 566 g/mol. The molecule has 0 aromatic heterocycles.